The summed E-state index contributed by atoms with van der Waals surface area (Å²) in [5.41, 5.74) is 0. The molecular weight excluding hydrogens is 250 g/mol. The largest absolute Gasteiger partial charge is 0.859 e. The van der Waals surface area contributed by atoms with Gasteiger partial charge in [-0.1, -0.05) is 0 Å². The third-order valence-corrected chi connectivity index (χ3v) is 3.00. The predicted molar refractivity (Wildman–Crippen MR) is 58.4 cm³/mol. The second kappa shape index (κ2) is 4.45. The predicted octanol–water partition coefficient (Wildman–Crippen LogP) is 0.400. The molecule has 6 nitrogen and oxygen atoms in total. The van der Waals surface area contributed by atoms with Crippen molar-refractivity contribution >= 4 is 45.3 Å². The molecule has 82 valence electrons. The summed E-state index contributed by atoms with van der Waals surface area (Å²) in [5, 5.41) is 14.9. The Hall–Kier alpha value is -1.67. The molecule has 1 aromatic rings. The lowest BCUT2D eigenvalue weighted by Gasteiger charge is -2.02. The van der Waals surface area contributed by atoms with Crippen LogP contribution < -0.4 is 10.4 Å². The second-order valence-electron chi connectivity index (χ2n) is 2.62. The molecule has 0 saturated carbocycles. The highest BCUT2D eigenvalue weighted by Gasteiger charge is 2.24. The quantitative estimate of drug-likeness (QED) is 0.468. The van der Waals surface area contributed by atoms with E-state index >= 15 is 0 Å². The lowest BCUT2D eigenvalue weighted by molar-refractivity contribution is -0.211. The number of nitrogens with one attached hydrogen (secondary N) is 1. The normalized spacial score (nSPS) is 19.2. The van der Waals surface area contributed by atoms with E-state index in [0.29, 0.717) is 16.9 Å². The van der Waals surface area contributed by atoms with Gasteiger partial charge >= 0.3 is 0 Å². The van der Waals surface area contributed by atoms with Crippen molar-refractivity contribution in [1.82, 2.24) is 10.3 Å². The zero-order valence-corrected chi connectivity index (χ0v) is 9.30. The van der Waals surface area contributed by atoms with E-state index in [1.165, 1.54) is 17.5 Å². The second-order valence-corrected chi connectivity index (χ2v) is 4.50. The molecule has 0 spiro atoms. The van der Waals surface area contributed by atoms with Crippen LogP contribution in [-0.4, -0.2) is 22.0 Å². The zero-order valence-electron chi connectivity index (χ0n) is 7.67. The van der Waals surface area contributed by atoms with Crippen LogP contribution in [0.1, 0.15) is 0 Å². The molecule has 8 heteroatoms. The maximum Gasteiger partial charge on any atom is 0.290 e. The highest BCUT2D eigenvalue weighted by atomic mass is 32.2. The summed E-state index contributed by atoms with van der Waals surface area (Å²) in [4.78, 5) is 29.4. The number of amides is 2. The minimum absolute atomic E-state index is 0.0512. The third-order valence-electron chi connectivity index (χ3n) is 1.52. The van der Waals surface area contributed by atoms with E-state index in [1.54, 1.807) is 5.38 Å². The SMILES string of the molecule is O=C1NC(=O)C(=CC([O-])=Nc2nccs2)S1. The molecule has 1 fully saturated rings. The summed E-state index contributed by atoms with van der Waals surface area (Å²) >= 11 is 1.89. The van der Waals surface area contributed by atoms with Crippen molar-refractivity contribution in [2.75, 3.05) is 0 Å². The number of thiazole rings is 1. The Kier molecular flexibility index (Phi) is 3.02. The fourth-order valence-corrected chi connectivity index (χ4v) is 2.09. The fourth-order valence-electron chi connectivity index (χ4n) is 0.931. The third kappa shape index (κ3) is 2.47. The first-order valence-corrected chi connectivity index (χ1v) is 5.75. The average molecular weight is 254 g/mol. The summed E-state index contributed by atoms with van der Waals surface area (Å²) in [7, 11) is 0. The number of nitrogens with zero attached hydrogens (tertiary/aromatic N) is 2. The van der Waals surface area contributed by atoms with Crippen molar-refractivity contribution in [2.45, 2.75) is 0 Å². The molecule has 0 radical (unpaired) electrons. The van der Waals surface area contributed by atoms with E-state index < -0.39 is 17.0 Å². The first-order valence-electron chi connectivity index (χ1n) is 4.05. The van der Waals surface area contributed by atoms with Crippen LogP contribution in [0, 0.1) is 0 Å². The van der Waals surface area contributed by atoms with Crippen molar-refractivity contribution in [2.24, 2.45) is 4.99 Å². The molecule has 2 rings (SSSR count). The number of hydrogen-bond donors (Lipinski definition) is 1. The smallest absolute Gasteiger partial charge is 0.290 e. The van der Waals surface area contributed by atoms with E-state index in [-0.39, 0.29) is 4.91 Å². The molecular formula is C8H4N3O3S2-. The van der Waals surface area contributed by atoms with Gasteiger partial charge in [0.2, 0.25) is 5.13 Å². The molecule has 2 heterocycles. The topological polar surface area (TPSA) is 94.5 Å². The molecule has 0 bridgehead atoms. The number of aromatic nitrogens is 1. The van der Waals surface area contributed by atoms with Gasteiger partial charge in [-0.15, -0.1) is 11.3 Å². The summed E-state index contributed by atoms with van der Waals surface area (Å²) in [6, 6.07) is 0. The summed E-state index contributed by atoms with van der Waals surface area (Å²) in [6.07, 6.45) is 2.54. The Morgan fingerprint density at radius 1 is 1.56 bits per heavy atom. The molecule has 1 aliphatic rings. The van der Waals surface area contributed by atoms with Gasteiger partial charge in [0.15, 0.2) is 0 Å². The Labute approximate surface area is 98.1 Å². The van der Waals surface area contributed by atoms with Gasteiger partial charge in [0.05, 0.1) is 4.91 Å². The van der Waals surface area contributed by atoms with E-state index in [0.717, 1.165) is 6.08 Å². The molecule has 16 heavy (non-hydrogen) atoms. The van der Waals surface area contributed by atoms with Gasteiger partial charge in [0.25, 0.3) is 11.1 Å². The van der Waals surface area contributed by atoms with E-state index in [4.69, 9.17) is 0 Å². The van der Waals surface area contributed by atoms with Gasteiger partial charge in [-0.2, -0.15) is 0 Å². The molecule has 0 atom stereocenters. The van der Waals surface area contributed by atoms with Gasteiger partial charge in [0, 0.05) is 11.6 Å². The summed E-state index contributed by atoms with van der Waals surface area (Å²) in [6.45, 7) is 0. The first kappa shape index (κ1) is 10.8. The number of rotatable bonds is 2. The van der Waals surface area contributed by atoms with Crippen molar-refractivity contribution in [3.05, 3.63) is 22.6 Å². The molecule has 1 aliphatic heterocycles. The zero-order chi connectivity index (χ0) is 11.5. The molecule has 0 aromatic carbocycles. The van der Waals surface area contributed by atoms with Crippen molar-refractivity contribution in [1.29, 1.82) is 0 Å². The molecule has 0 unspecified atom stereocenters. The van der Waals surface area contributed by atoms with Crippen LogP contribution in [0.15, 0.2) is 27.6 Å². The standard InChI is InChI=1S/C8H5N3O3S2/c12-5(10-7-9-1-2-15-7)3-4-6(13)11-8(14)16-4/h1-3H,(H,9,10,12)(H,11,13,14)/p-1. The maximum absolute atomic E-state index is 11.3. The van der Waals surface area contributed by atoms with Gasteiger partial charge < -0.3 is 5.11 Å². The number of thioether (sulfide) groups is 1. The molecule has 0 aliphatic carbocycles. The lowest BCUT2D eigenvalue weighted by Crippen LogP contribution is -2.20. The molecule has 1 N–H and O–H groups in total. The van der Waals surface area contributed by atoms with Gasteiger partial charge in [-0.3, -0.25) is 14.9 Å². The van der Waals surface area contributed by atoms with Crippen LogP contribution in [0.4, 0.5) is 9.93 Å². The fraction of sp³-hybridized carbons (Fsp3) is 0. The van der Waals surface area contributed by atoms with Crippen LogP contribution in [0.5, 0.6) is 0 Å². The number of carbonyl (C=O) groups excluding carboxylic acids is 2. The highest BCUT2D eigenvalue weighted by molar-refractivity contribution is 8.18. The van der Waals surface area contributed by atoms with Crippen molar-refractivity contribution in [3.63, 3.8) is 0 Å². The van der Waals surface area contributed by atoms with E-state index in [1.807, 2.05) is 5.32 Å². The maximum atomic E-state index is 11.3. The Bertz CT molecular complexity index is 493. The van der Waals surface area contributed by atoms with Crippen LogP contribution >= 0.6 is 23.1 Å². The van der Waals surface area contributed by atoms with Crippen molar-refractivity contribution < 1.29 is 14.7 Å². The number of imide groups is 1. The van der Waals surface area contributed by atoms with E-state index in [9.17, 15) is 14.7 Å². The Morgan fingerprint density at radius 3 is 2.94 bits per heavy atom. The molecule has 2 amide bonds. The highest BCUT2D eigenvalue weighted by Crippen LogP contribution is 2.23. The number of aliphatic imine (C=N–C) groups is 1. The van der Waals surface area contributed by atoms with Crippen LogP contribution in [0.25, 0.3) is 0 Å². The Balaban J connectivity index is 2.18. The average Bonchev–Trinajstić information content (AvgIpc) is 2.78. The van der Waals surface area contributed by atoms with Crippen LogP contribution in [0.3, 0.4) is 0 Å². The summed E-state index contributed by atoms with van der Waals surface area (Å²) in [5.74, 6) is -1.18. The van der Waals surface area contributed by atoms with Crippen LogP contribution in [-0.2, 0) is 4.79 Å². The monoisotopic (exact) mass is 254 g/mol. The first-order chi connectivity index (χ1) is 7.65. The minimum atomic E-state index is -0.609. The van der Waals surface area contributed by atoms with Crippen LogP contribution in [0.2, 0.25) is 0 Å². The molecule has 1 saturated heterocycles. The van der Waals surface area contributed by atoms with Gasteiger partial charge in [-0.05, 0) is 23.7 Å². The number of carbonyl (C=O) groups is 2. The van der Waals surface area contributed by atoms with E-state index in [2.05, 4.69) is 9.98 Å². The minimum Gasteiger partial charge on any atom is -0.859 e. The lowest BCUT2D eigenvalue weighted by atomic mass is 10.4. The van der Waals surface area contributed by atoms with Crippen molar-refractivity contribution in [3.8, 4) is 0 Å². The Morgan fingerprint density at radius 2 is 2.38 bits per heavy atom. The summed E-state index contributed by atoms with van der Waals surface area (Å²) < 4.78 is 0. The van der Waals surface area contributed by atoms with Gasteiger partial charge in [0.1, 0.15) is 0 Å². The van der Waals surface area contributed by atoms with Gasteiger partial charge in [-0.25, -0.2) is 9.98 Å². The number of hydrogen-bond acceptors (Lipinski definition) is 7. The molecule has 1 aromatic heterocycles.